The quantitative estimate of drug-likeness (QED) is 0.697. The van der Waals surface area contributed by atoms with E-state index < -0.39 is 0 Å². The Labute approximate surface area is 88.8 Å². The van der Waals surface area contributed by atoms with E-state index in [0.717, 1.165) is 6.54 Å². The third kappa shape index (κ3) is 1.87. The van der Waals surface area contributed by atoms with Crippen LogP contribution in [0.1, 0.15) is 17.4 Å². The summed E-state index contributed by atoms with van der Waals surface area (Å²) in [4.78, 5) is 13.7. The zero-order valence-electron chi connectivity index (χ0n) is 9.05. The molecule has 1 saturated heterocycles. The van der Waals surface area contributed by atoms with Crippen molar-refractivity contribution in [1.29, 1.82) is 0 Å². The van der Waals surface area contributed by atoms with Crippen LogP contribution < -0.4 is 5.73 Å². The first kappa shape index (κ1) is 10.2. The number of rotatable bonds is 1. The van der Waals surface area contributed by atoms with E-state index in [9.17, 15) is 4.79 Å². The van der Waals surface area contributed by atoms with Crippen molar-refractivity contribution in [3.63, 3.8) is 0 Å². The van der Waals surface area contributed by atoms with Gasteiger partial charge in [0.2, 0.25) is 0 Å². The maximum absolute atomic E-state index is 11.9. The van der Waals surface area contributed by atoms with Gasteiger partial charge in [0, 0.05) is 32.4 Å². The molecule has 2 N–H and O–H groups in total. The number of hydrogen-bond donors (Lipinski definition) is 1. The second-order valence-corrected chi connectivity index (χ2v) is 4.23. The highest BCUT2D eigenvalue weighted by Gasteiger charge is 2.31. The molecule has 5 heteroatoms. The minimum atomic E-state index is -0.0181. The van der Waals surface area contributed by atoms with Gasteiger partial charge >= 0.3 is 0 Å². The van der Waals surface area contributed by atoms with Crippen LogP contribution in [0.25, 0.3) is 0 Å². The van der Waals surface area contributed by atoms with Crippen LogP contribution in [-0.2, 0) is 7.05 Å². The second-order valence-electron chi connectivity index (χ2n) is 4.23. The molecule has 0 aromatic carbocycles. The molecular weight excluding hydrogens is 192 g/mol. The van der Waals surface area contributed by atoms with Gasteiger partial charge in [0.25, 0.3) is 5.91 Å². The predicted octanol–water partition coefficient (Wildman–Crippen LogP) is -0.161. The molecule has 2 atom stereocenters. The van der Waals surface area contributed by atoms with E-state index in [-0.39, 0.29) is 11.9 Å². The molecular formula is C10H16N4O. The SMILES string of the molecule is CC1CN(C(=O)c2ccn(C)n2)CC1N. The summed E-state index contributed by atoms with van der Waals surface area (Å²) >= 11 is 0. The monoisotopic (exact) mass is 208 g/mol. The minimum absolute atomic E-state index is 0.0181. The summed E-state index contributed by atoms with van der Waals surface area (Å²) in [6.45, 7) is 3.43. The van der Waals surface area contributed by atoms with Crippen molar-refractivity contribution in [2.45, 2.75) is 13.0 Å². The topological polar surface area (TPSA) is 64.2 Å². The van der Waals surface area contributed by atoms with Crippen LogP contribution in [0.3, 0.4) is 0 Å². The van der Waals surface area contributed by atoms with Crippen LogP contribution in [0.15, 0.2) is 12.3 Å². The summed E-state index contributed by atoms with van der Waals surface area (Å²) in [5.41, 5.74) is 6.37. The van der Waals surface area contributed by atoms with Crippen LogP contribution in [0, 0.1) is 5.92 Å². The van der Waals surface area contributed by atoms with Crippen molar-refractivity contribution < 1.29 is 4.79 Å². The van der Waals surface area contributed by atoms with E-state index in [2.05, 4.69) is 12.0 Å². The third-order valence-electron chi connectivity index (χ3n) is 2.89. The largest absolute Gasteiger partial charge is 0.335 e. The summed E-state index contributed by atoms with van der Waals surface area (Å²) in [5, 5.41) is 4.09. The Bertz CT molecular complexity index is 363. The van der Waals surface area contributed by atoms with Crippen LogP contribution in [-0.4, -0.2) is 39.7 Å². The fourth-order valence-corrected chi connectivity index (χ4v) is 1.85. The van der Waals surface area contributed by atoms with Gasteiger partial charge in [0.1, 0.15) is 5.69 Å². The van der Waals surface area contributed by atoms with E-state index in [1.807, 2.05) is 0 Å². The Kier molecular flexibility index (Phi) is 2.48. The molecule has 1 aromatic heterocycles. The first-order chi connectivity index (χ1) is 7.08. The molecule has 0 saturated carbocycles. The lowest BCUT2D eigenvalue weighted by Crippen LogP contribution is -2.32. The number of nitrogens with zero attached hydrogens (tertiary/aromatic N) is 3. The molecule has 82 valence electrons. The zero-order valence-corrected chi connectivity index (χ0v) is 9.05. The molecule has 2 heterocycles. The van der Waals surface area contributed by atoms with E-state index in [1.165, 1.54) is 0 Å². The maximum atomic E-state index is 11.9. The van der Waals surface area contributed by atoms with Gasteiger partial charge in [-0.05, 0) is 12.0 Å². The fourth-order valence-electron chi connectivity index (χ4n) is 1.85. The molecule has 1 amide bonds. The standard InChI is InChI=1S/C10H16N4O/c1-7-5-14(6-8(7)11)10(15)9-3-4-13(2)12-9/h3-4,7-8H,5-6,11H2,1-2H3. The highest BCUT2D eigenvalue weighted by molar-refractivity contribution is 5.92. The number of nitrogens with two attached hydrogens (primary N) is 1. The molecule has 0 aliphatic carbocycles. The number of hydrogen-bond acceptors (Lipinski definition) is 3. The number of carbonyl (C=O) groups excluding carboxylic acids is 1. The molecule has 2 rings (SSSR count). The van der Waals surface area contributed by atoms with E-state index >= 15 is 0 Å². The minimum Gasteiger partial charge on any atom is -0.335 e. The van der Waals surface area contributed by atoms with E-state index in [1.54, 1.807) is 28.9 Å². The number of aromatic nitrogens is 2. The van der Waals surface area contributed by atoms with Gasteiger partial charge < -0.3 is 10.6 Å². The first-order valence-corrected chi connectivity index (χ1v) is 5.12. The molecule has 0 radical (unpaired) electrons. The maximum Gasteiger partial charge on any atom is 0.274 e. The van der Waals surface area contributed by atoms with Crippen LogP contribution in [0.5, 0.6) is 0 Å². The van der Waals surface area contributed by atoms with Gasteiger partial charge in [-0.3, -0.25) is 9.48 Å². The molecule has 5 nitrogen and oxygen atoms in total. The number of likely N-dealkylation sites (tertiary alicyclic amines) is 1. The van der Waals surface area contributed by atoms with Gasteiger partial charge in [-0.1, -0.05) is 6.92 Å². The molecule has 0 spiro atoms. The summed E-state index contributed by atoms with van der Waals surface area (Å²) in [5.74, 6) is 0.355. The Hall–Kier alpha value is -1.36. The Balaban J connectivity index is 2.10. The lowest BCUT2D eigenvalue weighted by Gasteiger charge is -2.13. The third-order valence-corrected chi connectivity index (χ3v) is 2.89. The molecule has 1 aromatic rings. The van der Waals surface area contributed by atoms with Crippen LogP contribution >= 0.6 is 0 Å². The molecule has 1 aliphatic heterocycles. The molecule has 15 heavy (non-hydrogen) atoms. The van der Waals surface area contributed by atoms with Gasteiger partial charge in [0.15, 0.2) is 0 Å². The average Bonchev–Trinajstić information content (AvgIpc) is 2.74. The highest BCUT2D eigenvalue weighted by atomic mass is 16.2. The molecule has 2 unspecified atom stereocenters. The second kappa shape index (κ2) is 3.66. The fraction of sp³-hybridized carbons (Fsp3) is 0.600. The lowest BCUT2D eigenvalue weighted by atomic mass is 10.1. The lowest BCUT2D eigenvalue weighted by molar-refractivity contribution is 0.0780. The molecule has 0 bridgehead atoms. The summed E-state index contributed by atoms with van der Waals surface area (Å²) in [6, 6.07) is 1.83. The van der Waals surface area contributed by atoms with Crippen LogP contribution in [0.2, 0.25) is 0 Å². The van der Waals surface area contributed by atoms with Crippen molar-refractivity contribution >= 4 is 5.91 Å². The smallest absolute Gasteiger partial charge is 0.274 e. The Morgan fingerprint density at radius 1 is 1.60 bits per heavy atom. The van der Waals surface area contributed by atoms with Crippen molar-refractivity contribution in [3.05, 3.63) is 18.0 Å². The number of carbonyl (C=O) groups is 1. The highest BCUT2D eigenvalue weighted by Crippen LogP contribution is 2.16. The Morgan fingerprint density at radius 2 is 2.33 bits per heavy atom. The predicted molar refractivity (Wildman–Crippen MR) is 56.3 cm³/mol. The van der Waals surface area contributed by atoms with E-state index in [4.69, 9.17) is 5.73 Å². The summed E-state index contributed by atoms with van der Waals surface area (Å²) in [7, 11) is 1.80. The normalized spacial score (nSPS) is 25.9. The first-order valence-electron chi connectivity index (χ1n) is 5.12. The van der Waals surface area contributed by atoms with Crippen molar-refractivity contribution in [2.24, 2.45) is 18.7 Å². The summed E-state index contributed by atoms with van der Waals surface area (Å²) in [6.07, 6.45) is 1.77. The van der Waals surface area contributed by atoms with Gasteiger partial charge in [-0.25, -0.2) is 0 Å². The van der Waals surface area contributed by atoms with Gasteiger partial charge in [-0.2, -0.15) is 5.10 Å². The average molecular weight is 208 g/mol. The summed E-state index contributed by atoms with van der Waals surface area (Å²) < 4.78 is 1.63. The number of amides is 1. The molecule has 1 aliphatic rings. The van der Waals surface area contributed by atoms with Gasteiger partial charge in [-0.15, -0.1) is 0 Å². The van der Waals surface area contributed by atoms with Crippen molar-refractivity contribution in [1.82, 2.24) is 14.7 Å². The van der Waals surface area contributed by atoms with E-state index in [0.29, 0.717) is 18.2 Å². The number of aryl methyl sites for hydroxylation is 1. The van der Waals surface area contributed by atoms with Crippen LogP contribution in [0.4, 0.5) is 0 Å². The Morgan fingerprint density at radius 3 is 2.80 bits per heavy atom. The zero-order chi connectivity index (χ0) is 11.0. The molecule has 1 fully saturated rings. The van der Waals surface area contributed by atoms with Crippen molar-refractivity contribution in [2.75, 3.05) is 13.1 Å². The van der Waals surface area contributed by atoms with Crippen molar-refractivity contribution in [3.8, 4) is 0 Å². The van der Waals surface area contributed by atoms with Gasteiger partial charge in [0.05, 0.1) is 0 Å².